The highest BCUT2D eigenvalue weighted by molar-refractivity contribution is 9.09. The molecule has 0 spiro atoms. The van der Waals surface area contributed by atoms with E-state index in [-0.39, 0.29) is 11.9 Å². The zero-order valence-corrected chi connectivity index (χ0v) is 12.5. The van der Waals surface area contributed by atoms with Crippen LogP contribution in [0.3, 0.4) is 0 Å². The number of hydrogen-bond acceptors (Lipinski definition) is 1. The Hall–Kier alpha value is -0.830. The summed E-state index contributed by atoms with van der Waals surface area (Å²) in [5.74, 6) is 0.0289. The first-order valence-electron chi connectivity index (χ1n) is 5.93. The smallest absolute Gasteiger partial charge is 0.252 e. The second-order valence-electron chi connectivity index (χ2n) is 4.66. The topological polar surface area (TPSA) is 29.1 Å². The number of benzene rings is 1. The second-order valence-corrected chi connectivity index (χ2v) is 6.22. The van der Waals surface area contributed by atoms with Crippen LogP contribution in [0.5, 0.6) is 0 Å². The molecule has 2 nitrogen and oxygen atoms in total. The van der Waals surface area contributed by atoms with E-state index >= 15 is 0 Å². The second kappa shape index (κ2) is 6.20. The van der Waals surface area contributed by atoms with Crippen molar-refractivity contribution in [1.82, 2.24) is 5.32 Å². The lowest BCUT2D eigenvalue weighted by molar-refractivity contribution is 0.0937. The number of carbonyl (C=O) groups is 1. The summed E-state index contributed by atoms with van der Waals surface area (Å²) in [6.07, 6.45) is 0.927. The predicted octanol–water partition coefficient (Wildman–Crippen LogP) is 3.60. The largest absolute Gasteiger partial charge is 0.350 e. The molecular weight excluding hydrogens is 278 g/mol. The van der Waals surface area contributed by atoms with Crippen LogP contribution in [0.25, 0.3) is 0 Å². The van der Waals surface area contributed by atoms with Crippen LogP contribution >= 0.6 is 15.9 Å². The number of alkyl halides is 1. The van der Waals surface area contributed by atoms with Gasteiger partial charge in [0.2, 0.25) is 0 Å². The normalized spacial score (nSPS) is 14.2. The van der Waals surface area contributed by atoms with Crippen molar-refractivity contribution in [1.29, 1.82) is 0 Å². The van der Waals surface area contributed by atoms with Gasteiger partial charge in [0.1, 0.15) is 0 Å². The van der Waals surface area contributed by atoms with Gasteiger partial charge < -0.3 is 5.32 Å². The van der Waals surface area contributed by atoms with Gasteiger partial charge in [-0.15, -0.1) is 0 Å². The number of rotatable bonds is 4. The minimum Gasteiger partial charge on any atom is -0.350 e. The van der Waals surface area contributed by atoms with Crippen LogP contribution in [0.15, 0.2) is 18.2 Å². The van der Waals surface area contributed by atoms with E-state index in [0.717, 1.165) is 23.1 Å². The number of aryl methyl sites for hydroxylation is 2. The molecule has 1 rings (SSSR count). The lowest BCUT2D eigenvalue weighted by Crippen LogP contribution is -2.34. The highest BCUT2D eigenvalue weighted by Crippen LogP contribution is 2.14. The molecule has 94 valence electrons. The molecule has 0 heterocycles. The number of halogens is 1. The standard InChI is InChI=1S/C14H20BrNO/c1-9-6-5-7-10(2)13(9)14(17)16-12(4)8-11(3)15/h5-7,11-12H,8H2,1-4H3,(H,16,17). The molecule has 0 radical (unpaired) electrons. The third-order valence-corrected chi connectivity index (χ3v) is 3.14. The van der Waals surface area contributed by atoms with E-state index in [9.17, 15) is 4.79 Å². The third-order valence-electron chi connectivity index (χ3n) is 2.76. The van der Waals surface area contributed by atoms with Gasteiger partial charge in [0.05, 0.1) is 0 Å². The highest BCUT2D eigenvalue weighted by atomic mass is 79.9. The molecule has 0 aliphatic heterocycles. The monoisotopic (exact) mass is 297 g/mol. The fraction of sp³-hybridized carbons (Fsp3) is 0.500. The van der Waals surface area contributed by atoms with Crippen LogP contribution in [0.1, 0.15) is 41.8 Å². The van der Waals surface area contributed by atoms with Gasteiger partial charge in [-0.1, -0.05) is 41.1 Å². The number of nitrogens with one attached hydrogen (secondary N) is 1. The van der Waals surface area contributed by atoms with Crippen LogP contribution in [0.4, 0.5) is 0 Å². The predicted molar refractivity (Wildman–Crippen MR) is 75.9 cm³/mol. The molecule has 1 amide bonds. The summed E-state index contributed by atoms with van der Waals surface area (Å²) in [5, 5.41) is 3.04. The lowest BCUT2D eigenvalue weighted by Gasteiger charge is -2.17. The van der Waals surface area contributed by atoms with Crippen molar-refractivity contribution in [3.63, 3.8) is 0 Å². The van der Waals surface area contributed by atoms with Gasteiger partial charge in [-0.25, -0.2) is 0 Å². The Balaban J connectivity index is 2.77. The number of hydrogen-bond donors (Lipinski definition) is 1. The maximum absolute atomic E-state index is 12.2. The van der Waals surface area contributed by atoms with E-state index < -0.39 is 0 Å². The molecule has 0 fully saturated rings. The first-order valence-corrected chi connectivity index (χ1v) is 6.84. The van der Waals surface area contributed by atoms with Gasteiger partial charge in [-0.05, 0) is 38.3 Å². The average molecular weight is 298 g/mol. The first-order chi connectivity index (χ1) is 7.91. The first kappa shape index (κ1) is 14.2. The Morgan fingerprint density at radius 3 is 2.29 bits per heavy atom. The lowest BCUT2D eigenvalue weighted by atomic mass is 10.0. The van der Waals surface area contributed by atoms with Crippen LogP contribution in [-0.4, -0.2) is 16.8 Å². The number of amides is 1. The Morgan fingerprint density at radius 2 is 1.82 bits per heavy atom. The van der Waals surface area contributed by atoms with Crippen molar-refractivity contribution < 1.29 is 4.79 Å². The molecule has 0 aliphatic rings. The molecule has 17 heavy (non-hydrogen) atoms. The molecule has 2 unspecified atom stereocenters. The van der Waals surface area contributed by atoms with E-state index in [2.05, 4.69) is 28.2 Å². The van der Waals surface area contributed by atoms with E-state index in [0.29, 0.717) is 4.83 Å². The summed E-state index contributed by atoms with van der Waals surface area (Å²) in [6.45, 7) is 8.06. The quantitative estimate of drug-likeness (QED) is 0.846. The van der Waals surface area contributed by atoms with Crippen molar-refractivity contribution in [2.24, 2.45) is 0 Å². The van der Waals surface area contributed by atoms with Crippen LogP contribution in [0, 0.1) is 13.8 Å². The zero-order chi connectivity index (χ0) is 13.0. The summed E-state index contributed by atoms with van der Waals surface area (Å²) < 4.78 is 0. The Kier molecular flexibility index (Phi) is 5.19. The summed E-state index contributed by atoms with van der Waals surface area (Å²) in [5.41, 5.74) is 2.87. The molecule has 0 bridgehead atoms. The van der Waals surface area contributed by atoms with Gasteiger partial charge >= 0.3 is 0 Å². The minimum atomic E-state index is 0.0289. The molecule has 2 atom stereocenters. The van der Waals surface area contributed by atoms with Gasteiger partial charge in [-0.2, -0.15) is 0 Å². The van der Waals surface area contributed by atoms with Crippen LogP contribution < -0.4 is 5.32 Å². The Morgan fingerprint density at radius 1 is 1.29 bits per heavy atom. The van der Waals surface area contributed by atoms with Crippen LogP contribution in [-0.2, 0) is 0 Å². The maximum atomic E-state index is 12.2. The maximum Gasteiger partial charge on any atom is 0.252 e. The van der Waals surface area contributed by atoms with Crippen molar-refractivity contribution in [3.8, 4) is 0 Å². The highest BCUT2D eigenvalue weighted by Gasteiger charge is 2.14. The molecule has 0 aliphatic carbocycles. The summed E-state index contributed by atoms with van der Waals surface area (Å²) in [4.78, 5) is 12.6. The fourth-order valence-electron chi connectivity index (χ4n) is 2.01. The average Bonchev–Trinajstić information content (AvgIpc) is 2.15. The minimum absolute atomic E-state index is 0.0289. The SMILES string of the molecule is Cc1cccc(C)c1C(=O)NC(C)CC(C)Br. The fourth-order valence-corrected chi connectivity index (χ4v) is 2.58. The van der Waals surface area contributed by atoms with E-state index in [1.165, 1.54) is 0 Å². The Labute approximate surface area is 112 Å². The van der Waals surface area contributed by atoms with Crippen molar-refractivity contribution in [2.75, 3.05) is 0 Å². The molecule has 1 aromatic rings. The molecule has 0 saturated heterocycles. The van der Waals surface area contributed by atoms with Crippen molar-refractivity contribution in [3.05, 3.63) is 34.9 Å². The van der Waals surface area contributed by atoms with E-state index in [4.69, 9.17) is 0 Å². The summed E-state index contributed by atoms with van der Waals surface area (Å²) >= 11 is 3.50. The van der Waals surface area contributed by atoms with Gasteiger partial charge in [0.15, 0.2) is 0 Å². The van der Waals surface area contributed by atoms with Crippen molar-refractivity contribution in [2.45, 2.75) is 45.0 Å². The molecule has 0 aromatic heterocycles. The molecule has 1 aromatic carbocycles. The third kappa shape index (κ3) is 4.15. The van der Waals surface area contributed by atoms with Gasteiger partial charge in [0.25, 0.3) is 5.91 Å². The molecule has 1 N–H and O–H groups in total. The zero-order valence-electron chi connectivity index (χ0n) is 10.9. The van der Waals surface area contributed by atoms with Crippen LogP contribution in [0.2, 0.25) is 0 Å². The van der Waals surface area contributed by atoms with E-state index in [1.807, 2.05) is 39.0 Å². The summed E-state index contributed by atoms with van der Waals surface area (Å²) in [7, 11) is 0. The van der Waals surface area contributed by atoms with Gasteiger partial charge in [-0.3, -0.25) is 4.79 Å². The Bertz CT molecular complexity index is 381. The number of carbonyl (C=O) groups excluding carboxylic acids is 1. The summed E-state index contributed by atoms with van der Waals surface area (Å²) in [6, 6.07) is 6.10. The molecule has 0 saturated carbocycles. The molecule has 3 heteroatoms. The van der Waals surface area contributed by atoms with Crippen molar-refractivity contribution >= 4 is 21.8 Å². The molecular formula is C14H20BrNO. The van der Waals surface area contributed by atoms with E-state index in [1.54, 1.807) is 0 Å². The van der Waals surface area contributed by atoms with Gasteiger partial charge in [0, 0.05) is 16.4 Å².